The molecule has 1 aromatic heterocycles. The first-order valence-electron chi connectivity index (χ1n) is 5.23. The number of nitrogen functional groups attached to an aromatic ring is 1. The number of hydrogen-bond donors (Lipinski definition) is 2. The van der Waals surface area contributed by atoms with E-state index in [9.17, 15) is 0 Å². The van der Waals surface area contributed by atoms with Crippen molar-refractivity contribution in [2.75, 3.05) is 12.8 Å². The van der Waals surface area contributed by atoms with Crippen LogP contribution in [-0.2, 0) is 6.42 Å². The van der Waals surface area contributed by atoms with Gasteiger partial charge in [0.25, 0.3) is 0 Å². The average Bonchev–Trinajstić information content (AvgIpc) is 2.58. The number of anilines is 1. The zero-order valence-corrected chi connectivity index (χ0v) is 10.5. The minimum absolute atomic E-state index is 0.442. The molecule has 0 fully saturated rings. The number of hydrogen-bond acceptors (Lipinski definition) is 3. The summed E-state index contributed by atoms with van der Waals surface area (Å²) in [6.45, 7) is 1.95. The summed E-state index contributed by atoms with van der Waals surface area (Å²) < 4.78 is 5.10. The van der Waals surface area contributed by atoms with Crippen molar-refractivity contribution in [3.05, 3.63) is 40.2 Å². The molecule has 0 bridgehead atoms. The zero-order valence-electron chi connectivity index (χ0n) is 9.75. The molecule has 0 aliphatic carbocycles. The predicted molar refractivity (Wildman–Crippen MR) is 68.5 cm³/mol. The first-order chi connectivity index (χ1) is 8.10. The third-order valence-electron chi connectivity index (χ3n) is 2.59. The van der Waals surface area contributed by atoms with Crippen LogP contribution in [0.15, 0.2) is 18.2 Å². The number of halogens is 1. The fourth-order valence-corrected chi connectivity index (χ4v) is 1.99. The topological polar surface area (TPSA) is 63.9 Å². The number of aromatic nitrogens is 2. The molecule has 0 radical (unpaired) electrons. The molecule has 1 aromatic carbocycles. The van der Waals surface area contributed by atoms with Crippen molar-refractivity contribution >= 4 is 17.5 Å². The summed E-state index contributed by atoms with van der Waals surface area (Å²) >= 11 is 6.06. The van der Waals surface area contributed by atoms with Crippen molar-refractivity contribution in [1.29, 1.82) is 0 Å². The number of ether oxygens (including phenoxy) is 1. The van der Waals surface area contributed by atoms with Gasteiger partial charge < -0.3 is 15.5 Å². The summed E-state index contributed by atoms with van der Waals surface area (Å²) in [7, 11) is 1.60. The molecule has 4 nitrogen and oxygen atoms in total. The first kappa shape index (κ1) is 11.8. The van der Waals surface area contributed by atoms with Crippen LogP contribution in [0.25, 0.3) is 0 Å². The molecule has 0 aliphatic heterocycles. The van der Waals surface area contributed by atoms with Gasteiger partial charge in [0, 0.05) is 12.1 Å². The zero-order chi connectivity index (χ0) is 12.4. The molecule has 0 saturated carbocycles. The Kier molecular flexibility index (Phi) is 3.24. The molecule has 90 valence electrons. The van der Waals surface area contributed by atoms with E-state index in [1.807, 2.05) is 25.1 Å². The van der Waals surface area contributed by atoms with E-state index in [0.717, 1.165) is 17.0 Å². The van der Waals surface area contributed by atoms with Crippen LogP contribution in [0.2, 0.25) is 5.02 Å². The van der Waals surface area contributed by atoms with Gasteiger partial charge in [0.15, 0.2) is 5.95 Å². The number of rotatable bonds is 3. The lowest BCUT2D eigenvalue weighted by Gasteiger charge is -2.05. The predicted octanol–water partition coefficient (Wildman–Crippen LogP) is 2.55. The van der Waals surface area contributed by atoms with Crippen molar-refractivity contribution < 1.29 is 4.74 Å². The highest BCUT2D eigenvalue weighted by Crippen LogP contribution is 2.26. The van der Waals surface area contributed by atoms with Gasteiger partial charge in [-0.3, -0.25) is 0 Å². The highest BCUT2D eigenvalue weighted by atomic mass is 35.5. The number of nitrogens with zero attached hydrogens (tertiary/aromatic N) is 1. The van der Waals surface area contributed by atoms with Crippen LogP contribution in [-0.4, -0.2) is 17.1 Å². The third-order valence-corrected chi connectivity index (χ3v) is 2.89. The maximum atomic E-state index is 6.06. The summed E-state index contributed by atoms with van der Waals surface area (Å²) in [5, 5.41) is 0.603. The molecular formula is C12H14ClN3O. The van der Waals surface area contributed by atoms with Crippen molar-refractivity contribution in [3.8, 4) is 5.75 Å². The minimum Gasteiger partial charge on any atom is -0.495 e. The molecule has 3 N–H and O–H groups in total. The van der Waals surface area contributed by atoms with Gasteiger partial charge >= 0.3 is 0 Å². The van der Waals surface area contributed by atoms with Crippen LogP contribution < -0.4 is 10.5 Å². The van der Waals surface area contributed by atoms with Crippen LogP contribution in [0, 0.1) is 6.92 Å². The first-order valence-corrected chi connectivity index (χ1v) is 5.61. The van der Waals surface area contributed by atoms with Crippen LogP contribution in [0.5, 0.6) is 5.75 Å². The fraction of sp³-hybridized carbons (Fsp3) is 0.250. The Labute approximate surface area is 105 Å². The quantitative estimate of drug-likeness (QED) is 0.881. The van der Waals surface area contributed by atoms with E-state index in [0.29, 0.717) is 23.1 Å². The molecule has 0 spiro atoms. The maximum absolute atomic E-state index is 6.06. The SMILES string of the molecule is COc1ccc(Cc2nc(N)[nH]c2C)cc1Cl. The monoisotopic (exact) mass is 251 g/mol. The molecule has 17 heavy (non-hydrogen) atoms. The molecule has 0 unspecified atom stereocenters. The van der Waals surface area contributed by atoms with Gasteiger partial charge in [0.2, 0.25) is 0 Å². The van der Waals surface area contributed by atoms with Crippen molar-refractivity contribution in [2.45, 2.75) is 13.3 Å². The van der Waals surface area contributed by atoms with Gasteiger partial charge in [-0.1, -0.05) is 17.7 Å². The fourth-order valence-electron chi connectivity index (χ4n) is 1.71. The highest BCUT2D eigenvalue weighted by Gasteiger charge is 2.07. The second kappa shape index (κ2) is 4.67. The molecule has 0 saturated heterocycles. The number of imidazole rings is 1. The number of nitrogens with one attached hydrogen (secondary N) is 1. The van der Waals surface area contributed by atoms with Gasteiger partial charge in [-0.25, -0.2) is 4.98 Å². The van der Waals surface area contributed by atoms with E-state index >= 15 is 0 Å². The van der Waals surface area contributed by atoms with Gasteiger partial charge in [0.05, 0.1) is 17.8 Å². The Hall–Kier alpha value is -1.68. The average molecular weight is 252 g/mol. The second-order valence-electron chi connectivity index (χ2n) is 3.84. The number of nitrogens with two attached hydrogens (primary N) is 1. The smallest absolute Gasteiger partial charge is 0.197 e. The Morgan fingerprint density at radius 3 is 2.76 bits per heavy atom. The maximum Gasteiger partial charge on any atom is 0.197 e. The lowest BCUT2D eigenvalue weighted by atomic mass is 10.1. The van der Waals surface area contributed by atoms with Crippen molar-refractivity contribution in [3.63, 3.8) is 0 Å². The van der Waals surface area contributed by atoms with Crippen molar-refractivity contribution in [2.24, 2.45) is 0 Å². The molecular weight excluding hydrogens is 238 g/mol. The normalized spacial score (nSPS) is 10.5. The second-order valence-corrected chi connectivity index (χ2v) is 4.25. The van der Waals surface area contributed by atoms with Gasteiger partial charge in [0.1, 0.15) is 5.75 Å². The summed E-state index contributed by atoms with van der Waals surface area (Å²) in [6.07, 6.45) is 0.698. The molecule has 1 heterocycles. The third kappa shape index (κ3) is 2.53. The Balaban J connectivity index is 2.24. The Morgan fingerprint density at radius 2 is 2.24 bits per heavy atom. The van der Waals surface area contributed by atoms with Crippen LogP contribution >= 0.6 is 11.6 Å². The molecule has 0 atom stereocenters. The summed E-state index contributed by atoms with van der Waals surface area (Å²) in [5.41, 5.74) is 8.59. The van der Waals surface area contributed by atoms with E-state index in [4.69, 9.17) is 22.1 Å². The van der Waals surface area contributed by atoms with Crippen LogP contribution in [0.1, 0.15) is 17.0 Å². The Morgan fingerprint density at radius 1 is 1.47 bits per heavy atom. The van der Waals surface area contributed by atoms with Gasteiger partial charge in [-0.05, 0) is 24.6 Å². The van der Waals surface area contributed by atoms with Gasteiger partial charge in [-0.15, -0.1) is 0 Å². The molecule has 0 amide bonds. The van der Waals surface area contributed by atoms with Crippen LogP contribution in [0.4, 0.5) is 5.95 Å². The van der Waals surface area contributed by atoms with E-state index in [1.165, 1.54) is 0 Å². The lowest BCUT2D eigenvalue weighted by molar-refractivity contribution is 0.415. The summed E-state index contributed by atoms with van der Waals surface area (Å²) in [5.74, 6) is 1.12. The molecule has 2 aromatic rings. The van der Waals surface area contributed by atoms with Crippen LogP contribution in [0.3, 0.4) is 0 Å². The highest BCUT2D eigenvalue weighted by molar-refractivity contribution is 6.32. The number of H-pyrrole nitrogens is 1. The standard InChI is InChI=1S/C12H14ClN3O/c1-7-10(16-12(14)15-7)6-8-3-4-11(17-2)9(13)5-8/h3-5H,6H2,1-2H3,(H3,14,15,16). The molecule has 0 aliphatic rings. The molecule has 2 rings (SSSR count). The summed E-state index contributed by atoms with van der Waals surface area (Å²) in [6, 6.07) is 5.70. The van der Waals surface area contributed by atoms with Crippen molar-refractivity contribution in [1.82, 2.24) is 9.97 Å². The van der Waals surface area contributed by atoms with Gasteiger partial charge in [-0.2, -0.15) is 0 Å². The minimum atomic E-state index is 0.442. The Bertz CT molecular complexity index is 537. The lowest BCUT2D eigenvalue weighted by Crippen LogP contribution is -1.93. The number of benzene rings is 1. The molecule has 5 heteroatoms. The van der Waals surface area contributed by atoms with E-state index in [1.54, 1.807) is 7.11 Å². The van der Waals surface area contributed by atoms with E-state index in [2.05, 4.69) is 9.97 Å². The van der Waals surface area contributed by atoms with E-state index in [-0.39, 0.29) is 0 Å². The summed E-state index contributed by atoms with van der Waals surface area (Å²) in [4.78, 5) is 7.20. The number of aromatic amines is 1. The number of methoxy groups -OCH3 is 1. The largest absolute Gasteiger partial charge is 0.495 e. The number of aryl methyl sites for hydroxylation is 1. The van der Waals surface area contributed by atoms with E-state index < -0.39 is 0 Å².